The number of nitrogens with two attached hydrogens (primary N) is 1. The van der Waals surface area contributed by atoms with Gasteiger partial charge in [0.05, 0.1) is 42.5 Å². The van der Waals surface area contributed by atoms with Gasteiger partial charge in [0.1, 0.15) is 11.3 Å². The fraction of sp³-hybridized carbons (Fsp3) is 0.318. The molecular weight excluding hydrogens is 382 g/mol. The molecule has 0 spiro atoms. The van der Waals surface area contributed by atoms with E-state index < -0.39 is 5.91 Å². The number of benzene rings is 2. The lowest BCUT2D eigenvalue weighted by Gasteiger charge is -2.24. The Hall–Kier alpha value is -3.39. The van der Waals surface area contributed by atoms with Crippen LogP contribution in [0, 0.1) is 0 Å². The number of anilines is 1. The Balaban J connectivity index is 1.99. The zero-order valence-electron chi connectivity index (χ0n) is 17.3. The number of methoxy groups -OCH3 is 1. The number of aliphatic imine (C=N–C) groups is 1. The molecule has 3 N–H and O–H groups in total. The summed E-state index contributed by atoms with van der Waals surface area (Å²) in [6.07, 6.45) is 4.12. The van der Waals surface area contributed by atoms with Crippen molar-refractivity contribution in [2.24, 2.45) is 10.7 Å². The number of aliphatic hydroxyl groups excluding tert-OH is 1. The lowest BCUT2D eigenvalue weighted by Crippen LogP contribution is -2.26. The molecule has 0 bridgehead atoms. The standard InChI is InChI=1S/C22H25N5O3/c1-4-27-12-25-16-9-13(10-18(30-3)21(16)27)15-11-17(26(2)7-8-28)19(22(23)29)14-5-6-24-20(14)15/h6,9-12,28H,4-5,7-8H2,1-3H3,(H2,23,29). The van der Waals surface area contributed by atoms with Crippen LogP contribution in [0.1, 0.15) is 22.8 Å². The number of amides is 1. The number of likely N-dealkylation sites (N-methyl/N-ethyl adjacent to an activating group) is 1. The first kappa shape index (κ1) is 19.9. The number of imidazole rings is 1. The normalized spacial score (nSPS) is 12.4. The van der Waals surface area contributed by atoms with E-state index in [4.69, 9.17) is 10.5 Å². The fourth-order valence-corrected chi connectivity index (χ4v) is 4.07. The second-order valence-corrected chi connectivity index (χ2v) is 7.25. The van der Waals surface area contributed by atoms with E-state index in [2.05, 4.69) is 16.9 Å². The van der Waals surface area contributed by atoms with E-state index in [1.54, 1.807) is 19.7 Å². The zero-order valence-corrected chi connectivity index (χ0v) is 17.3. The Kier molecular flexibility index (Phi) is 5.17. The molecule has 30 heavy (non-hydrogen) atoms. The number of fused-ring (bicyclic) bond motifs is 2. The molecule has 1 aromatic heterocycles. The Morgan fingerprint density at radius 1 is 1.37 bits per heavy atom. The van der Waals surface area contributed by atoms with E-state index >= 15 is 0 Å². The number of aliphatic hydroxyl groups is 1. The summed E-state index contributed by atoms with van der Waals surface area (Å²) in [5.41, 5.74) is 11.9. The fourth-order valence-electron chi connectivity index (χ4n) is 4.07. The van der Waals surface area contributed by atoms with Crippen LogP contribution < -0.4 is 15.4 Å². The van der Waals surface area contributed by atoms with Gasteiger partial charge in [-0.25, -0.2) is 4.98 Å². The molecule has 0 unspecified atom stereocenters. The molecule has 0 atom stereocenters. The molecule has 0 saturated carbocycles. The number of rotatable bonds is 7. The summed E-state index contributed by atoms with van der Waals surface area (Å²) < 4.78 is 7.71. The van der Waals surface area contributed by atoms with Crippen LogP contribution in [0.2, 0.25) is 0 Å². The van der Waals surface area contributed by atoms with Gasteiger partial charge in [-0.2, -0.15) is 0 Å². The highest BCUT2D eigenvalue weighted by Crippen LogP contribution is 2.44. The monoisotopic (exact) mass is 407 g/mol. The van der Waals surface area contributed by atoms with Crippen molar-refractivity contribution in [1.82, 2.24) is 9.55 Å². The average Bonchev–Trinajstić information content (AvgIpc) is 3.38. The van der Waals surface area contributed by atoms with Crippen molar-refractivity contribution in [3.8, 4) is 16.9 Å². The number of aryl methyl sites for hydroxylation is 1. The van der Waals surface area contributed by atoms with E-state index in [9.17, 15) is 9.90 Å². The van der Waals surface area contributed by atoms with E-state index in [0.717, 1.165) is 45.7 Å². The van der Waals surface area contributed by atoms with Crippen LogP contribution in [-0.4, -0.2) is 54.1 Å². The zero-order chi connectivity index (χ0) is 21.4. The maximum atomic E-state index is 12.3. The maximum Gasteiger partial charge on any atom is 0.251 e. The van der Waals surface area contributed by atoms with Crippen LogP contribution in [0.4, 0.5) is 11.4 Å². The molecule has 0 saturated heterocycles. The lowest BCUT2D eigenvalue weighted by atomic mass is 9.93. The van der Waals surface area contributed by atoms with Crippen LogP contribution in [-0.2, 0) is 13.0 Å². The smallest absolute Gasteiger partial charge is 0.251 e. The predicted molar refractivity (Wildman–Crippen MR) is 118 cm³/mol. The van der Waals surface area contributed by atoms with Gasteiger partial charge in [0.2, 0.25) is 0 Å². The molecule has 1 aliphatic heterocycles. The molecule has 8 heteroatoms. The summed E-state index contributed by atoms with van der Waals surface area (Å²) in [7, 11) is 3.47. The summed E-state index contributed by atoms with van der Waals surface area (Å²) >= 11 is 0. The van der Waals surface area contributed by atoms with Crippen LogP contribution >= 0.6 is 0 Å². The summed E-state index contributed by atoms with van der Waals surface area (Å²) in [6.45, 7) is 3.19. The van der Waals surface area contributed by atoms with Crippen molar-refractivity contribution >= 4 is 34.5 Å². The van der Waals surface area contributed by atoms with Gasteiger partial charge >= 0.3 is 0 Å². The van der Waals surface area contributed by atoms with Crippen molar-refractivity contribution in [1.29, 1.82) is 0 Å². The van der Waals surface area contributed by atoms with Crippen molar-refractivity contribution in [3.63, 3.8) is 0 Å². The van der Waals surface area contributed by atoms with Crippen LogP contribution in [0.5, 0.6) is 5.75 Å². The van der Waals surface area contributed by atoms with E-state index in [-0.39, 0.29) is 6.61 Å². The van der Waals surface area contributed by atoms with Crippen LogP contribution in [0.25, 0.3) is 22.2 Å². The summed E-state index contributed by atoms with van der Waals surface area (Å²) in [4.78, 5) is 23.2. The summed E-state index contributed by atoms with van der Waals surface area (Å²) in [5, 5.41) is 9.41. The molecule has 0 radical (unpaired) electrons. The SMILES string of the molecule is CCn1cnc2cc(-c3cc(N(C)CCO)c(C(N)=O)c4c3N=CC4)cc(OC)c21. The molecule has 1 aliphatic rings. The van der Waals surface area contributed by atoms with Crippen LogP contribution in [0.15, 0.2) is 29.5 Å². The third-order valence-corrected chi connectivity index (χ3v) is 5.54. The number of ether oxygens (including phenoxy) is 1. The number of carbonyl (C=O) groups excluding carboxylic acids is 1. The van der Waals surface area contributed by atoms with Crippen molar-refractivity contribution in [2.75, 3.05) is 32.2 Å². The summed E-state index contributed by atoms with van der Waals surface area (Å²) in [5.74, 6) is 0.222. The third-order valence-electron chi connectivity index (χ3n) is 5.54. The minimum absolute atomic E-state index is 0.0359. The van der Waals surface area contributed by atoms with Crippen LogP contribution in [0.3, 0.4) is 0 Å². The number of hydrogen-bond donors (Lipinski definition) is 2. The third kappa shape index (κ3) is 3.09. The molecule has 2 aromatic carbocycles. The molecule has 0 aliphatic carbocycles. The van der Waals surface area contributed by atoms with Gasteiger partial charge < -0.3 is 25.0 Å². The van der Waals surface area contributed by atoms with Gasteiger partial charge in [0, 0.05) is 38.3 Å². The first-order chi connectivity index (χ1) is 14.5. The lowest BCUT2D eigenvalue weighted by molar-refractivity contribution is 0.1000. The molecule has 156 valence electrons. The minimum atomic E-state index is -0.502. The topological polar surface area (TPSA) is 106 Å². The van der Waals surface area contributed by atoms with Crippen molar-refractivity contribution in [2.45, 2.75) is 19.9 Å². The highest BCUT2D eigenvalue weighted by molar-refractivity contribution is 6.07. The number of aromatic nitrogens is 2. The minimum Gasteiger partial charge on any atom is -0.494 e. The largest absolute Gasteiger partial charge is 0.494 e. The number of primary amides is 1. The first-order valence-corrected chi connectivity index (χ1v) is 9.87. The quantitative estimate of drug-likeness (QED) is 0.626. The van der Waals surface area contributed by atoms with Gasteiger partial charge in [0.15, 0.2) is 0 Å². The molecular formula is C22H25N5O3. The van der Waals surface area contributed by atoms with Gasteiger partial charge in [-0.1, -0.05) is 0 Å². The Labute approximate surface area is 174 Å². The van der Waals surface area contributed by atoms with E-state index in [1.807, 2.05) is 34.7 Å². The predicted octanol–water partition coefficient (Wildman–Crippen LogP) is 2.52. The second-order valence-electron chi connectivity index (χ2n) is 7.25. The van der Waals surface area contributed by atoms with Gasteiger partial charge in [-0.15, -0.1) is 0 Å². The van der Waals surface area contributed by atoms with Crippen molar-refractivity contribution < 1.29 is 14.6 Å². The molecule has 8 nitrogen and oxygen atoms in total. The highest BCUT2D eigenvalue weighted by Gasteiger charge is 2.26. The average molecular weight is 407 g/mol. The number of hydrogen-bond acceptors (Lipinski definition) is 6. The van der Waals surface area contributed by atoms with E-state index in [0.29, 0.717) is 24.2 Å². The Morgan fingerprint density at radius 3 is 2.83 bits per heavy atom. The molecule has 3 aromatic rings. The second kappa shape index (κ2) is 7.79. The number of nitrogens with zero attached hydrogens (tertiary/aromatic N) is 4. The van der Waals surface area contributed by atoms with E-state index in [1.165, 1.54) is 0 Å². The Morgan fingerprint density at radius 2 is 2.17 bits per heavy atom. The van der Waals surface area contributed by atoms with Gasteiger partial charge in [-0.3, -0.25) is 9.79 Å². The van der Waals surface area contributed by atoms with Gasteiger partial charge in [0.25, 0.3) is 5.91 Å². The molecule has 2 heterocycles. The Bertz CT molecular complexity index is 1170. The molecule has 0 fully saturated rings. The molecule has 4 rings (SSSR count). The van der Waals surface area contributed by atoms with Crippen molar-refractivity contribution in [3.05, 3.63) is 35.7 Å². The molecule has 1 amide bonds. The highest BCUT2D eigenvalue weighted by atomic mass is 16.5. The first-order valence-electron chi connectivity index (χ1n) is 9.87. The summed E-state index contributed by atoms with van der Waals surface area (Å²) in [6, 6.07) is 5.89. The number of carbonyl (C=O) groups is 1. The maximum absolute atomic E-state index is 12.3. The van der Waals surface area contributed by atoms with Gasteiger partial charge in [-0.05, 0) is 36.2 Å².